The van der Waals surface area contributed by atoms with E-state index in [-0.39, 0.29) is 6.04 Å². The summed E-state index contributed by atoms with van der Waals surface area (Å²) >= 11 is 6.07. The smallest absolute Gasteiger partial charge is 0.195 e. The van der Waals surface area contributed by atoms with Crippen molar-refractivity contribution in [2.24, 2.45) is 0 Å². The van der Waals surface area contributed by atoms with E-state index >= 15 is 0 Å². The Bertz CT molecular complexity index is 393. The van der Waals surface area contributed by atoms with Crippen molar-refractivity contribution in [2.45, 2.75) is 69.9 Å². The van der Waals surface area contributed by atoms with Crippen LogP contribution < -0.4 is 4.72 Å². The third-order valence-corrected chi connectivity index (χ3v) is 6.83. The largest absolute Gasteiger partial charge is 0.280 e. The Morgan fingerprint density at radius 2 is 1.89 bits per heavy atom. The molecule has 2 fully saturated rings. The first kappa shape index (κ1) is 15.5. The fourth-order valence-electron chi connectivity index (χ4n) is 3.25. The van der Waals surface area contributed by atoms with E-state index in [2.05, 4.69) is 4.72 Å². The molecular weight excluding hydrogens is 284 g/mol. The van der Waals surface area contributed by atoms with Crippen LogP contribution in [-0.4, -0.2) is 36.7 Å². The van der Waals surface area contributed by atoms with Crippen LogP contribution in [-0.2, 0) is 10.2 Å². The number of hydrogen-bond acceptors (Lipinski definition) is 2. The van der Waals surface area contributed by atoms with Crippen molar-refractivity contribution >= 4 is 21.8 Å². The standard InChI is InChI=1S/C13H25ClN2O2S/c1-12-7-3-6-10-16(12)19(17,18)15-13(11-14)8-4-2-5-9-13/h12,15H,2-11H2,1H3. The summed E-state index contributed by atoms with van der Waals surface area (Å²) in [5.74, 6) is 0.369. The fourth-order valence-corrected chi connectivity index (χ4v) is 5.56. The summed E-state index contributed by atoms with van der Waals surface area (Å²) in [7, 11) is -3.40. The molecule has 112 valence electrons. The predicted molar refractivity (Wildman–Crippen MR) is 78.6 cm³/mol. The molecule has 1 aliphatic carbocycles. The summed E-state index contributed by atoms with van der Waals surface area (Å²) in [6, 6.07) is 0.0993. The first-order valence-electron chi connectivity index (χ1n) is 7.36. The molecule has 1 unspecified atom stereocenters. The number of halogens is 1. The molecule has 0 bridgehead atoms. The molecule has 0 spiro atoms. The van der Waals surface area contributed by atoms with Crippen LogP contribution in [0, 0.1) is 0 Å². The highest BCUT2D eigenvalue weighted by Gasteiger charge is 2.39. The minimum Gasteiger partial charge on any atom is -0.195 e. The molecule has 0 amide bonds. The van der Waals surface area contributed by atoms with Crippen molar-refractivity contribution in [1.82, 2.24) is 9.03 Å². The van der Waals surface area contributed by atoms with Crippen LogP contribution in [0.25, 0.3) is 0 Å². The summed E-state index contributed by atoms with van der Waals surface area (Å²) in [6.07, 6.45) is 8.05. The van der Waals surface area contributed by atoms with Crippen molar-refractivity contribution in [1.29, 1.82) is 0 Å². The van der Waals surface area contributed by atoms with E-state index in [1.165, 1.54) is 6.42 Å². The van der Waals surface area contributed by atoms with Crippen molar-refractivity contribution < 1.29 is 8.42 Å². The van der Waals surface area contributed by atoms with Gasteiger partial charge >= 0.3 is 0 Å². The molecule has 0 radical (unpaired) electrons. The SMILES string of the molecule is CC1CCCCN1S(=O)(=O)NC1(CCl)CCCCC1. The van der Waals surface area contributed by atoms with Crippen molar-refractivity contribution in [2.75, 3.05) is 12.4 Å². The van der Waals surface area contributed by atoms with Crippen LogP contribution >= 0.6 is 11.6 Å². The van der Waals surface area contributed by atoms with Crippen LogP contribution in [0.4, 0.5) is 0 Å². The molecule has 1 aliphatic heterocycles. The maximum absolute atomic E-state index is 12.6. The Morgan fingerprint density at radius 1 is 1.21 bits per heavy atom. The quantitative estimate of drug-likeness (QED) is 0.812. The second kappa shape index (κ2) is 6.29. The molecule has 1 atom stereocenters. The first-order chi connectivity index (χ1) is 8.99. The molecule has 19 heavy (non-hydrogen) atoms. The molecule has 6 heteroatoms. The molecule has 0 aromatic heterocycles. The summed E-state index contributed by atoms with van der Waals surface area (Å²) in [5.41, 5.74) is -0.421. The van der Waals surface area contributed by atoms with Crippen molar-refractivity contribution in [3.63, 3.8) is 0 Å². The maximum atomic E-state index is 12.6. The molecule has 1 saturated carbocycles. The van der Waals surface area contributed by atoms with E-state index in [9.17, 15) is 8.42 Å². The fraction of sp³-hybridized carbons (Fsp3) is 1.00. The Balaban J connectivity index is 2.10. The lowest BCUT2D eigenvalue weighted by atomic mass is 9.84. The maximum Gasteiger partial charge on any atom is 0.280 e. The molecule has 1 N–H and O–H groups in total. The van der Waals surface area contributed by atoms with Gasteiger partial charge in [0.25, 0.3) is 10.2 Å². The Hall–Kier alpha value is 0.160. The minimum atomic E-state index is -3.40. The Labute approximate surface area is 122 Å². The van der Waals surface area contributed by atoms with Crippen LogP contribution in [0.5, 0.6) is 0 Å². The van der Waals surface area contributed by atoms with Gasteiger partial charge in [0.1, 0.15) is 0 Å². The second-order valence-electron chi connectivity index (χ2n) is 6.04. The van der Waals surface area contributed by atoms with Gasteiger partial charge in [0, 0.05) is 24.0 Å². The third-order valence-electron chi connectivity index (χ3n) is 4.46. The summed E-state index contributed by atoms with van der Waals surface area (Å²) in [4.78, 5) is 0. The van der Waals surface area contributed by atoms with Gasteiger partial charge in [-0.25, -0.2) is 0 Å². The molecule has 1 heterocycles. The summed E-state index contributed by atoms with van der Waals surface area (Å²) in [6.45, 7) is 2.63. The highest BCUT2D eigenvalue weighted by molar-refractivity contribution is 7.87. The van der Waals surface area contributed by atoms with Gasteiger partial charge in [0.15, 0.2) is 0 Å². The van der Waals surface area contributed by atoms with Gasteiger partial charge in [-0.05, 0) is 32.6 Å². The normalized spacial score (nSPS) is 29.3. The van der Waals surface area contributed by atoms with Crippen molar-refractivity contribution in [3.8, 4) is 0 Å². The average Bonchev–Trinajstić information content (AvgIpc) is 2.39. The zero-order chi connectivity index (χ0) is 13.9. The molecular formula is C13H25ClN2O2S. The van der Waals surface area contributed by atoms with Crippen LogP contribution in [0.1, 0.15) is 58.3 Å². The molecule has 0 aromatic carbocycles. The van der Waals surface area contributed by atoms with E-state index < -0.39 is 15.7 Å². The van der Waals surface area contributed by atoms with Crippen LogP contribution in [0.3, 0.4) is 0 Å². The Morgan fingerprint density at radius 3 is 2.47 bits per heavy atom. The van der Waals surface area contributed by atoms with Gasteiger partial charge in [-0.1, -0.05) is 25.7 Å². The Kier molecular flexibility index (Phi) is 5.15. The van der Waals surface area contributed by atoms with Gasteiger partial charge in [0.05, 0.1) is 0 Å². The lowest BCUT2D eigenvalue weighted by Crippen LogP contribution is -2.57. The zero-order valence-corrected chi connectivity index (χ0v) is 13.3. The highest BCUT2D eigenvalue weighted by Crippen LogP contribution is 2.31. The van der Waals surface area contributed by atoms with E-state index in [1.54, 1.807) is 4.31 Å². The molecule has 1 saturated heterocycles. The van der Waals surface area contributed by atoms with E-state index in [0.717, 1.165) is 44.9 Å². The molecule has 2 rings (SSSR count). The lowest BCUT2D eigenvalue weighted by molar-refractivity contribution is 0.245. The summed E-state index contributed by atoms with van der Waals surface area (Å²) in [5, 5.41) is 0. The summed E-state index contributed by atoms with van der Waals surface area (Å²) < 4.78 is 29.7. The molecule has 2 aliphatic rings. The van der Waals surface area contributed by atoms with E-state index in [4.69, 9.17) is 11.6 Å². The number of nitrogens with one attached hydrogen (secondary N) is 1. The number of rotatable bonds is 4. The van der Waals surface area contributed by atoms with E-state index in [1.807, 2.05) is 6.92 Å². The van der Waals surface area contributed by atoms with E-state index in [0.29, 0.717) is 12.4 Å². The lowest BCUT2D eigenvalue weighted by Gasteiger charge is -2.40. The minimum absolute atomic E-state index is 0.0993. The van der Waals surface area contributed by atoms with Crippen molar-refractivity contribution in [3.05, 3.63) is 0 Å². The highest BCUT2D eigenvalue weighted by atomic mass is 35.5. The van der Waals surface area contributed by atoms with Gasteiger partial charge in [-0.3, -0.25) is 0 Å². The zero-order valence-electron chi connectivity index (χ0n) is 11.7. The van der Waals surface area contributed by atoms with Gasteiger partial charge in [-0.2, -0.15) is 17.4 Å². The molecule has 4 nitrogen and oxygen atoms in total. The monoisotopic (exact) mass is 308 g/mol. The van der Waals surface area contributed by atoms with Gasteiger partial charge in [0.2, 0.25) is 0 Å². The predicted octanol–water partition coefficient (Wildman–Crippen LogP) is 2.64. The van der Waals surface area contributed by atoms with Crippen LogP contribution in [0.2, 0.25) is 0 Å². The first-order valence-corrected chi connectivity index (χ1v) is 9.33. The van der Waals surface area contributed by atoms with Gasteiger partial charge in [-0.15, -0.1) is 11.6 Å². The average molecular weight is 309 g/mol. The number of hydrogen-bond donors (Lipinski definition) is 1. The number of alkyl halides is 1. The third kappa shape index (κ3) is 3.63. The number of nitrogens with zero attached hydrogens (tertiary/aromatic N) is 1. The molecule has 0 aromatic rings. The number of piperidine rings is 1. The second-order valence-corrected chi connectivity index (χ2v) is 7.93. The van der Waals surface area contributed by atoms with Gasteiger partial charge < -0.3 is 0 Å². The topological polar surface area (TPSA) is 49.4 Å². The van der Waals surface area contributed by atoms with Crippen LogP contribution in [0.15, 0.2) is 0 Å².